The van der Waals surface area contributed by atoms with Crippen LogP contribution in [0.1, 0.15) is 44.9 Å². The van der Waals surface area contributed by atoms with Gasteiger partial charge in [0, 0.05) is 31.7 Å². The van der Waals surface area contributed by atoms with Crippen LogP contribution in [-0.2, 0) is 0 Å². The molecule has 1 saturated carbocycles. The molecular formula is C17H30N4O. The van der Waals surface area contributed by atoms with Gasteiger partial charge in [-0.15, -0.1) is 0 Å². The second kappa shape index (κ2) is 6.00. The fraction of sp³-hybridized carbons (Fsp3) is 0.941. The van der Waals surface area contributed by atoms with Gasteiger partial charge in [-0.2, -0.15) is 0 Å². The van der Waals surface area contributed by atoms with Crippen LogP contribution in [-0.4, -0.2) is 78.1 Å². The maximum Gasteiger partial charge on any atom is 0.318 e. The monoisotopic (exact) mass is 306 g/mol. The number of nitrogens with one attached hydrogen (secondary N) is 1. The number of hydrogen-bond donors (Lipinski definition) is 1. The molecule has 5 nitrogen and oxygen atoms in total. The van der Waals surface area contributed by atoms with Gasteiger partial charge < -0.3 is 15.1 Å². The van der Waals surface area contributed by atoms with E-state index in [1.807, 2.05) is 0 Å². The normalized spacial score (nSPS) is 38.3. The van der Waals surface area contributed by atoms with Crippen LogP contribution in [0.2, 0.25) is 0 Å². The van der Waals surface area contributed by atoms with Gasteiger partial charge in [-0.25, -0.2) is 4.79 Å². The minimum atomic E-state index is 0.218. The summed E-state index contributed by atoms with van der Waals surface area (Å²) in [4.78, 5) is 19.8. The van der Waals surface area contributed by atoms with E-state index in [1.54, 1.807) is 0 Å². The minimum Gasteiger partial charge on any atom is -0.333 e. The van der Waals surface area contributed by atoms with Crippen molar-refractivity contribution < 1.29 is 4.79 Å². The van der Waals surface area contributed by atoms with E-state index in [1.165, 1.54) is 58.3 Å². The lowest BCUT2D eigenvalue weighted by molar-refractivity contribution is 0.0836. The standard InChI is InChI=1S/C17H30N4O/c1-19-9-6-14(12-19)20-10-7-13(8-11-20)21-16-5-3-2-4-15(16)18-17(21)22/h13-16H,2-12H2,1H3,(H,18,22). The van der Waals surface area contributed by atoms with Crippen molar-refractivity contribution in [1.29, 1.82) is 0 Å². The fourth-order valence-corrected chi connectivity index (χ4v) is 5.17. The molecule has 3 heterocycles. The Morgan fingerprint density at radius 1 is 0.955 bits per heavy atom. The summed E-state index contributed by atoms with van der Waals surface area (Å²) in [5, 5.41) is 3.24. The highest BCUT2D eigenvalue weighted by atomic mass is 16.2. The Labute approximate surface area is 134 Å². The molecule has 0 radical (unpaired) electrons. The molecule has 4 aliphatic rings. The van der Waals surface area contributed by atoms with Gasteiger partial charge in [-0.3, -0.25) is 4.90 Å². The van der Waals surface area contributed by atoms with Crippen molar-refractivity contribution in [3.63, 3.8) is 0 Å². The third-order valence-electron chi connectivity index (χ3n) is 6.41. The van der Waals surface area contributed by atoms with Crippen molar-refractivity contribution in [2.45, 2.75) is 69.1 Å². The molecule has 1 N–H and O–H groups in total. The van der Waals surface area contributed by atoms with Crippen molar-refractivity contribution in [1.82, 2.24) is 20.0 Å². The van der Waals surface area contributed by atoms with Gasteiger partial charge in [0.2, 0.25) is 0 Å². The van der Waals surface area contributed by atoms with Gasteiger partial charge in [-0.1, -0.05) is 12.8 Å². The molecule has 124 valence electrons. The number of fused-ring (bicyclic) bond motifs is 1. The zero-order valence-corrected chi connectivity index (χ0v) is 13.8. The van der Waals surface area contributed by atoms with Crippen molar-refractivity contribution in [2.75, 3.05) is 33.2 Å². The van der Waals surface area contributed by atoms with Crippen LogP contribution in [0, 0.1) is 0 Å². The molecule has 1 aliphatic carbocycles. The lowest BCUT2D eigenvalue weighted by atomic mass is 9.89. The number of nitrogens with zero attached hydrogens (tertiary/aromatic N) is 3. The highest BCUT2D eigenvalue weighted by Crippen LogP contribution is 2.32. The summed E-state index contributed by atoms with van der Waals surface area (Å²) in [6.07, 6.45) is 8.60. The molecule has 22 heavy (non-hydrogen) atoms. The summed E-state index contributed by atoms with van der Waals surface area (Å²) < 4.78 is 0. The number of piperidine rings is 1. The highest BCUT2D eigenvalue weighted by Gasteiger charge is 2.44. The second-order valence-electron chi connectivity index (χ2n) is 7.79. The minimum absolute atomic E-state index is 0.218. The number of likely N-dealkylation sites (N-methyl/N-ethyl adjacent to an activating group) is 1. The molecule has 2 amide bonds. The number of urea groups is 1. The lowest BCUT2D eigenvalue weighted by Gasteiger charge is -2.42. The number of hydrogen-bond acceptors (Lipinski definition) is 3. The average molecular weight is 306 g/mol. The van der Waals surface area contributed by atoms with E-state index in [4.69, 9.17) is 0 Å². The molecule has 3 aliphatic heterocycles. The van der Waals surface area contributed by atoms with E-state index in [-0.39, 0.29) is 6.03 Å². The first-order valence-corrected chi connectivity index (χ1v) is 9.24. The molecule has 0 aromatic carbocycles. The Hall–Kier alpha value is -0.810. The summed E-state index contributed by atoms with van der Waals surface area (Å²) in [6.45, 7) is 4.80. The maximum atomic E-state index is 12.4. The fourth-order valence-electron chi connectivity index (χ4n) is 5.17. The lowest BCUT2D eigenvalue weighted by Crippen LogP contribution is -2.52. The zero-order chi connectivity index (χ0) is 15.1. The predicted molar refractivity (Wildman–Crippen MR) is 86.9 cm³/mol. The van der Waals surface area contributed by atoms with Crippen LogP contribution in [0.25, 0.3) is 0 Å². The van der Waals surface area contributed by atoms with Crippen LogP contribution in [0.5, 0.6) is 0 Å². The van der Waals surface area contributed by atoms with Crippen LogP contribution >= 0.6 is 0 Å². The first-order valence-electron chi connectivity index (χ1n) is 9.24. The second-order valence-corrected chi connectivity index (χ2v) is 7.79. The topological polar surface area (TPSA) is 38.8 Å². The summed E-state index contributed by atoms with van der Waals surface area (Å²) in [5.41, 5.74) is 0. The molecule has 0 spiro atoms. The smallest absolute Gasteiger partial charge is 0.318 e. The molecule has 0 bridgehead atoms. The van der Waals surface area contributed by atoms with E-state index in [9.17, 15) is 4.79 Å². The summed E-state index contributed by atoms with van der Waals surface area (Å²) in [7, 11) is 2.23. The van der Waals surface area contributed by atoms with Crippen LogP contribution in [0.15, 0.2) is 0 Å². The van der Waals surface area contributed by atoms with Crippen LogP contribution < -0.4 is 5.32 Å². The highest BCUT2D eigenvalue weighted by molar-refractivity contribution is 5.78. The number of carbonyl (C=O) groups is 1. The van der Waals surface area contributed by atoms with Gasteiger partial charge in [0.1, 0.15) is 0 Å². The zero-order valence-electron chi connectivity index (χ0n) is 13.8. The molecular weight excluding hydrogens is 276 g/mol. The SMILES string of the molecule is CN1CCC(N2CCC(N3C(=O)NC4CCCCC43)CC2)C1. The first kappa shape index (κ1) is 14.8. The molecule has 3 unspecified atom stereocenters. The predicted octanol–water partition coefficient (Wildman–Crippen LogP) is 1.49. The van der Waals surface area contributed by atoms with Crippen molar-refractivity contribution in [2.24, 2.45) is 0 Å². The van der Waals surface area contributed by atoms with Crippen molar-refractivity contribution in [3.8, 4) is 0 Å². The summed E-state index contributed by atoms with van der Waals surface area (Å²) in [6, 6.07) is 2.36. The van der Waals surface area contributed by atoms with Crippen molar-refractivity contribution >= 4 is 6.03 Å². The van der Waals surface area contributed by atoms with Crippen molar-refractivity contribution in [3.05, 3.63) is 0 Å². The Kier molecular flexibility index (Phi) is 4.03. The maximum absolute atomic E-state index is 12.4. The molecule has 0 aromatic heterocycles. The van der Waals surface area contributed by atoms with Gasteiger partial charge in [0.15, 0.2) is 0 Å². The summed E-state index contributed by atoms with van der Waals surface area (Å²) >= 11 is 0. The van der Waals surface area contributed by atoms with Gasteiger partial charge in [0.25, 0.3) is 0 Å². The Morgan fingerprint density at radius 3 is 2.41 bits per heavy atom. The van der Waals surface area contributed by atoms with Crippen LogP contribution in [0.4, 0.5) is 4.79 Å². The van der Waals surface area contributed by atoms with Gasteiger partial charge in [0.05, 0.1) is 12.1 Å². The average Bonchev–Trinajstić information content (AvgIpc) is 3.10. The molecule has 5 heteroatoms. The van der Waals surface area contributed by atoms with Crippen LogP contribution in [0.3, 0.4) is 0 Å². The Morgan fingerprint density at radius 2 is 1.68 bits per heavy atom. The quantitative estimate of drug-likeness (QED) is 0.840. The molecule has 3 atom stereocenters. The van der Waals surface area contributed by atoms with Gasteiger partial charge >= 0.3 is 6.03 Å². The molecule has 4 fully saturated rings. The number of amides is 2. The van der Waals surface area contributed by atoms with E-state index in [0.29, 0.717) is 18.1 Å². The molecule has 4 rings (SSSR count). The largest absolute Gasteiger partial charge is 0.333 e. The van der Waals surface area contributed by atoms with E-state index >= 15 is 0 Å². The van der Waals surface area contributed by atoms with Gasteiger partial charge in [-0.05, 0) is 45.7 Å². The third kappa shape index (κ3) is 2.62. The van der Waals surface area contributed by atoms with E-state index in [2.05, 4.69) is 27.1 Å². The van der Waals surface area contributed by atoms with E-state index in [0.717, 1.165) is 18.9 Å². The van der Waals surface area contributed by atoms with E-state index < -0.39 is 0 Å². The Bertz CT molecular complexity index is 421. The third-order valence-corrected chi connectivity index (χ3v) is 6.41. The first-order chi connectivity index (χ1) is 10.7. The Balaban J connectivity index is 1.36. The number of rotatable bonds is 2. The number of likely N-dealkylation sites (tertiary alicyclic amines) is 2. The number of carbonyl (C=O) groups excluding carboxylic acids is 1. The summed E-state index contributed by atoms with van der Waals surface area (Å²) in [5.74, 6) is 0. The molecule has 0 aromatic rings. The molecule has 3 saturated heterocycles.